The van der Waals surface area contributed by atoms with E-state index in [9.17, 15) is 5.11 Å². The molecule has 0 spiro atoms. The summed E-state index contributed by atoms with van der Waals surface area (Å²) in [6.45, 7) is 1.76. The molecule has 1 saturated heterocycles. The lowest BCUT2D eigenvalue weighted by Crippen LogP contribution is -2.54. The summed E-state index contributed by atoms with van der Waals surface area (Å²) >= 11 is 0. The Balaban J connectivity index is 1.64. The summed E-state index contributed by atoms with van der Waals surface area (Å²) in [5.74, 6) is 1.73. The lowest BCUT2D eigenvalue weighted by Gasteiger charge is -2.52. The Morgan fingerprint density at radius 1 is 1.03 bits per heavy atom. The van der Waals surface area contributed by atoms with Gasteiger partial charge in [0.1, 0.15) is 0 Å². The predicted octanol–water partition coefficient (Wildman–Crippen LogP) is 5.09. The van der Waals surface area contributed by atoms with Crippen molar-refractivity contribution in [2.75, 3.05) is 27.3 Å². The number of fused-ring (bicyclic) bond motifs is 1. The first-order valence-corrected chi connectivity index (χ1v) is 11.0. The van der Waals surface area contributed by atoms with Crippen LogP contribution in [0.3, 0.4) is 0 Å². The Morgan fingerprint density at radius 3 is 2.60 bits per heavy atom. The van der Waals surface area contributed by atoms with Crippen LogP contribution in [0.15, 0.2) is 54.6 Å². The molecule has 1 aliphatic carbocycles. The Bertz CT molecular complexity index is 866. The van der Waals surface area contributed by atoms with Crippen molar-refractivity contribution in [3.8, 4) is 11.5 Å². The smallest absolute Gasteiger partial charge is 0.161 e. The SMILES string of the molecule is COc1ccc([C@H]2[C@H]3CCCC[C@]3(O)CCN2C/C=C/c2ccccc2)cc1OC. The van der Waals surface area contributed by atoms with Crippen molar-refractivity contribution in [2.45, 2.75) is 43.7 Å². The van der Waals surface area contributed by atoms with E-state index in [4.69, 9.17) is 9.47 Å². The van der Waals surface area contributed by atoms with Gasteiger partial charge in [0.15, 0.2) is 11.5 Å². The van der Waals surface area contributed by atoms with Crippen molar-refractivity contribution in [2.24, 2.45) is 5.92 Å². The maximum absolute atomic E-state index is 11.5. The number of benzene rings is 2. The molecule has 2 aromatic rings. The number of likely N-dealkylation sites (tertiary alicyclic amines) is 1. The van der Waals surface area contributed by atoms with Crippen LogP contribution in [0, 0.1) is 5.92 Å². The fraction of sp³-hybridized carbons (Fsp3) is 0.462. The molecule has 1 saturated carbocycles. The molecule has 0 aromatic heterocycles. The van der Waals surface area contributed by atoms with Crippen molar-refractivity contribution in [3.63, 3.8) is 0 Å². The van der Waals surface area contributed by atoms with Crippen molar-refractivity contribution in [1.82, 2.24) is 4.90 Å². The van der Waals surface area contributed by atoms with Gasteiger partial charge >= 0.3 is 0 Å². The van der Waals surface area contributed by atoms with E-state index in [-0.39, 0.29) is 12.0 Å². The highest BCUT2D eigenvalue weighted by Crippen LogP contribution is 2.50. The molecule has 1 N–H and O–H groups in total. The number of aliphatic hydroxyl groups is 1. The topological polar surface area (TPSA) is 41.9 Å². The molecule has 160 valence electrons. The van der Waals surface area contributed by atoms with Crippen LogP contribution in [-0.4, -0.2) is 42.9 Å². The Hall–Kier alpha value is -2.30. The molecule has 0 amide bonds. The molecule has 0 unspecified atom stereocenters. The summed E-state index contributed by atoms with van der Waals surface area (Å²) < 4.78 is 11.0. The van der Waals surface area contributed by atoms with Gasteiger partial charge in [-0.25, -0.2) is 0 Å². The van der Waals surface area contributed by atoms with Gasteiger partial charge in [-0.1, -0.05) is 61.4 Å². The first-order chi connectivity index (χ1) is 14.6. The Labute approximate surface area is 180 Å². The first-order valence-electron chi connectivity index (χ1n) is 11.0. The lowest BCUT2D eigenvalue weighted by molar-refractivity contribution is -0.122. The van der Waals surface area contributed by atoms with E-state index in [0.717, 1.165) is 50.3 Å². The summed E-state index contributed by atoms with van der Waals surface area (Å²) in [6, 6.07) is 16.8. The second kappa shape index (κ2) is 9.23. The molecular formula is C26H33NO3. The van der Waals surface area contributed by atoms with Gasteiger partial charge in [0, 0.05) is 25.0 Å². The minimum atomic E-state index is -0.560. The maximum atomic E-state index is 11.5. The van der Waals surface area contributed by atoms with E-state index < -0.39 is 5.60 Å². The monoisotopic (exact) mass is 407 g/mol. The third-order valence-electron chi connectivity index (χ3n) is 6.87. The highest BCUT2D eigenvalue weighted by atomic mass is 16.5. The number of hydrogen-bond donors (Lipinski definition) is 1. The summed E-state index contributed by atoms with van der Waals surface area (Å²) in [5.41, 5.74) is 1.85. The molecule has 1 aliphatic heterocycles. The molecule has 4 heteroatoms. The standard InChI is InChI=1S/C26H33NO3/c1-29-23-14-13-21(19-24(23)30-2)25-22-12-6-7-15-26(22,28)16-18-27(25)17-8-11-20-9-4-3-5-10-20/h3-5,8-11,13-14,19,22,25,28H,6-7,12,15-18H2,1-2H3/b11-8+/t22-,25+,26+/m1/s1. The van der Waals surface area contributed by atoms with Crippen molar-refractivity contribution >= 4 is 6.08 Å². The predicted molar refractivity (Wildman–Crippen MR) is 121 cm³/mol. The van der Waals surface area contributed by atoms with Crippen molar-refractivity contribution in [3.05, 3.63) is 65.7 Å². The van der Waals surface area contributed by atoms with Crippen LogP contribution in [0.2, 0.25) is 0 Å². The van der Waals surface area contributed by atoms with Gasteiger partial charge in [0.25, 0.3) is 0 Å². The van der Waals surface area contributed by atoms with E-state index in [1.165, 1.54) is 17.5 Å². The minimum absolute atomic E-state index is 0.171. The van der Waals surface area contributed by atoms with Crippen LogP contribution in [-0.2, 0) is 0 Å². The fourth-order valence-corrected chi connectivity index (χ4v) is 5.32. The summed E-state index contributed by atoms with van der Waals surface area (Å²) in [4.78, 5) is 2.52. The molecule has 0 bridgehead atoms. The number of piperidine rings is 1. The van der Waals surface area contributed by atoms with Gasteiger partial charge < -0.3 is 14.6 Å². The average Bonchev–Trinajstić information content (AvgIpc) is 2.79. The summed E-state index contributed by atoms with van der Waals surface area (Å²) in [7, 11) is 3.35. The molecule has 0 radical (unpaired) electrons. The zero-order valence-corrected chi connectivity index (χ0v) is 18.1. The van der Waals surface area contributed by atoms with E-state index in [2.05, 4.69) is 53.5 Å². The first kappa shape index (κ1) is 21.0. The number of methoxy groups -OCH3 is 2. The maximum Gasteiger partial charge on any atom is 0.161 e. The summed E-state index contributed by atoms with van der Waals surface area (Å²) in [5, 5.41) is 11.5. The number of nitrogens with zero attached hydrogens (tertiary/aromatic N) is 1. The van der Waals surface area contributed by atoms with Crippen LogP contribution < -0.4 is 9.47 Å². The van der Waals surface area contributed by atoms with Gasteiger partial charge in [-0.2, -0.15) is 0 Å². The van der Waals surface area contributed by atoms with Crippen LogP contribution in [0.5, 0.6) is 11.5 Å². The zero-order valence-electron chi connectivity index (χ0n) is 18.1. The van der Waals surface area contributed by atoms with E-state index in [1.54, 1.807) is 14.2 Å². The van der Waals surface area contributed by atoms with Crippen LogP contribution in [0.1, 0.15) is 49.3 Å². The third-order valence-corrected chi connectivity index (χ3v) is 6.87. The van der Waals surface area contributed by atoms with Gasteiger partial charge in [-0.3, -0.25) is 4.90 Å². The lowest BCUT2D eigenvalue weighted by atomic mass is 9.66. The molecule has 2 fully saturated rings. The van der Waals surface area contributed by atoms with Crippen molar-refractivity contribution < 1.29 is 14.6 Å². The average molecular weight is 408 g/mol. The molecule has 2 aromatic carbocycles. The number of rotatable bonds is 6. The zero-order chi connectivity index (χ0) is 21.0. The van der Waals surface area contributed by atoms with E-state index in [0.29, 0.717) is 0 Å². The Kier molecular flexibility index (Phi) is 6.45. The molecule has 4 rings (SSSR count). The van der Waals surface area contributed by atoms with Gasteiger partial charge in [0.2, 0.25) is 0 Å². The van der Waals surface area contributed by atoms with Gasteiger partial charge in [0.05, 0.1) is 19.8 Å². The molecule has 2 aliphatic rings. The van der Waals surface area contributed by atoms with Crippen molar-refractivity contribution in [1.29, 1.82) is 0 Å². The van der Waals surface area contributed by atoms with E-state index in [1.807, 2.05) is 12.1 Å². The Morgan fingerprint density at radius 2 is 1.83 bits per heavy atom. The normalized spacial score (nSPS) is 27.0. The number of hydrogen-bond acceptors (Lipinski definition) is 4. The second-order valence-electron chi connectivity index (χ2n) is 8.57. The molecule has 30 heavy (non-hydrogen) atoms. The number of ether oxygens (including phenoxy) is 2. The highest BCUT2D eigenvalue weighted by Gasteiger charge is 2.48. The molecule has 4 nitrogen and oxygen atoms in total. The second-order valence-corrected chi connectivity index (χ2v) is 8.57. The fourth-order valence-electron chi connectivity index (χ4n) is 5.32. The summed E-state index contributed by atoms with van der Waals surface area (Å²) in [6.07, 6.45) is 9.57. The van der Waals surface area contributed by atoms with Crippen LogP contribution in [0.25, 0.3) is 6.08 Å². The molecule has 1 heterocycles. The van der Waals surface area contributed by atoms with Crippen LogP contribution >= 0.6 is 0 Å². The van der Waals surface area contributed by atoms with Gasteiger partial charge in [-0.15, -0.1) is 0 Å². The van der Waals surface area contributed by atoms with E-state index >= 15 is 0 Å². The highest BCUT2D eigenvalue weighted by molar-refractivity contribution is 5.49. The third kappa shape index (κ3) is 4.26. The quantitative estimate of drug-likeness (QED) is 0.725. The van der Waals surface area contributed by atoms with Crippen LogP contribution in [0.4, 0.5) is 0 Å². The molecular weight excluding hydrogens is 374 g/mol. The minimum Gasteiger partial charge on any atom is -0.493 e. The van der Waals surface area contributed by atoms with Gasteiger partial charge in [-0.05, 0) is 42.5 Å². The molecule has 3 atom stereocenters. The largest absolute Gasteiger partial charge is 0.493 e.